The zero-order chi connectivity index (χ0) is 27.5. The number of sulfonamides is 1. The van der Waals surface area contributed by atoms with E-state index >= 15 is 0 Å². The molecule has 0 aromatic heterocycles. The van der Waals surface area contributed by atoms with Crippen molar-refractivity contribution in [1.82, 2.24) is 4.72 Å². The Morgan fingerprint density at radius 3 is 2.34 bits per heavy atom. The van der Waals surface area contributed by atoms with Crippen LogP contribution in [0.3, 0.4) is 0 Å². The largest absolute Gasteiger partial charge is 0.449 e. The Balaban J connectivity index is 1.23. The molecule has 0 unspecified atom stereocenters. The lowest BCUT2D eigenvalue weighted by Crippen LogP contribution is -2.62. The van der Waals surface area contributed by atoms with E-state index in [1.807, 2.05) is 0 Å². The highest BCUT2D eigenvalue weighted by atomic mass is 32.2. The number of amides is 1. The van der Waals surface area contributed by atoms with E-state index < -0.39 is 21.4 Å². The predicted molar refractivity (Wildman–Crippen MR) is 147 cm³/mol. The van der Waals surface area contributed by atoms with Crippen molar-refractivity contribution in [1.29, 1.82) is 0 Å². The van der Waals surface area contributed by atoms with E-state index in [-0.39, 0.29) is 35.6 Å². The van der Waals surface area contributed by atoms with Gasteiger partial charge in [0.05, 0.1) is 24.1 Å². The number of nitrogens with one attached hydrogen (secondary N) is 1. The summed E-state index contributed by atoms with van der Waals surface area (Å²) in [6, 6.07) is 0. The molecule has 0 spiro atoms. The molecular formula is C30H51NO6S. The molecule has 0 bridgehead atoms. The van der Waals surface area contributed by atoms with Gasteiger partial charge in [-0.2, -0.15) is 0 Å². The smallest absolute Gasteiger partial charge is 0.420 e. The molecule has 0 saturated heterocycles. The van der Waals surface area contributed by atoms with Gasteiger partial charge in [-0.3, -0.25) is 0 Å². The summed E-state index contributed by atoms with van der Waals surface area (Å²) in [4.78, 5) is 12.2. The Bertz CT molecular complexity index is 983. The highest BCUT2D eigenvalue weighted by Crippen LogP contribution is 2.69. The van der Waals surface area contributed by atoms with E-state index in [0.717, 1.165) is 57.8 Å². The van der Waals surface area contributed by atoms with Gasteiger partial charge >= 0.3 is 6.09 Å². The maximum absolute atomic E-state index is 12.2. The molecule has 11 atom stereocenters. The summed E-state index contributed by atoms with van der Waals surface area (Å²) in [5.74, 6) is 2.88. The van der Waals surface area contributed by atoms with E-state index in [1.165, 1.54) is 6.42 Å². The highest BCUT2D eigenvalue weighted by Gasteiger charge is 2.64. The average Bonchev–Trinajstić information content (AvgIpc) is 3.15. The van der Waals surface area contributed by atoms with Gasteiger partial charge in [-0.1, -0.05) is 40.5 Å². The van der Waals surface area contributed by atoms with E-state index in [0.29, 0.717) is 48.3 Å². The van der Waals surface area contributed by atoms with E-state index in [9.17, 15) is 23.4 Å². The summed E-state index contributed by atoms with van der Waals surface area (Å²) in [5.41, 5.74) is 0.364. The van der Waals surface area contributed by atoms with Crippen LogP contribution in [0.5, 0.6) is 0 Å². The fraction of sp³-hybridized carbons (Fsp3) is 0.967. The molecule has 5 aliphatic rings. The van der Waals surface area contributed by atoms with Crippen LogP contribution in [0.2, 0.25) is 0 Å². The van der Waals surface area contributed by atoms with Crippen molar-refractivity contribution in [2.75, 3.05) is 6.61 Å². The molecule has 1 amide bonds. The average molecular weight is 554 g/mol. The number of ether oxygens (including phenoxy) is 1. The number of aliphatic hydroxyl groups is 2. The van der Waals surface area contributed by atoms with Crippen LogP contribution in [-0.4, -0.2) is 48.8 Å². The van der Waals surface area contributed by atoms with Crippen LogP contribution >= 0.6 is 0 Å². The van der Waals surface area contributed by atoms with Crippen molar-refractivity contribution in [3.63, 3.8) is 0 Å². The molecule has 38 heavy (non-hydrogen) atoms. The van der Waals surface area contributed by atoms with Crippen LogP contribution in [0.1, 0.15) is 105 Å². The Morgan fingerprint density at radius 2 is 1.68 bits per heavy atom. The summed E-state index contributed by atoms with van der Waals surface area (Å²) in [5, 5.41) is 21.9. The lowest BCUT2D eigenvalue weighted by atomic mass is 9.41. The Hall–Kier alpha value is -0.860. The molecule has 0 heterocycles. The molecule has 3 N–H and O–H groups in total. The minimum Gasteiger partial charge on any atom is -0.449 e. The topological polar surface area (TPSA) is 113 Å². The Morgan fingerprint density at radius 1 is 1.00 bits per heavy atom. The van der Waals surface area contributed by atoms with Gasteiger partial charge in [0.15, 0.2) is 0 Å². The highest BCUT2D eigenvalue weighted by molar-refractivity contribution is 7.90. The predicted octanol–water partition coefficient (Wildman–Crippen LogP) is 5.25. The Labute approximate surface area is 229 Å². The molecule has 7 nitrogen and oxygen atoms in total. The van der Waals surface area contributed by atoms with Crippen molar-refractivity contribution in [2.24, 2.45) is 52.3 Å². The van der Waals surface area contributed by atoms with Crippen LogP contribution in [0.4, 0.5) is 4.79 Å². The summed E-state index contributed by atoms with van der Waals surface area (Å²) >= 11 is 0. The number of carbonyl (C=O) groups is 1. The number of hydrogen-bond donors (Lipinski definition) is 3. The molecule has 218 valence electrons. The van der Waals surface area contributed by atoms with Crippen LogP contribution < -0.4 is 4.72 Å². The number of fused-ring (bicyclic) bond motifs is 5. The maximum Gasteiger partial charge on any atom is 0.420 e. The van der Waals surface area contributed by atoms with Crippen molar-refractivity contribution in [2.45, 2.75) is 122 Å². The molecule has 5 aliphatic carbocycles. The van der Waals surface area contributed by atoms with Gasteiger partial charge in [-0.15, -0.1) is 0 Å². The first-order chi connectivity index (χ1) is 17.9. The van der Waals surface area contributed by atoms with Gasteiger partial charge < -0.3 is 14.9 Å². The van der Waals surface area contributed by atoms with E-state index in [4.69, 9.17) is 4.74 Å². The standard InChI is InChI=1S/C30H51NO6S/c1-5-21-25-17-19(32)11-14-30(25,4)24-12-15-29(3)22(9-10-23(29)26(24)27(21)33)18(2)13-16-37-28(34)31-38(35,36)20-7-6-8-20/h18-27,32-33H,5-17H2,1-4H3,(H,31,34)/t18-,19-,21-,22-,23+,24+,25+,26+,27-,29-,30-/m1/s1. The fourth-order valence-electron chi connectivity index (χ4n) is 10.4. The second kappa shape index (κ2) is 10.5. The summed E-state index contributed by atoms with van der Waals surface area (Å²) in [6.07, 6.45) is 9.82. The van der Waals surface area contributed by atoms with Gasteiger partial charge in [0, 0.05) is 0 Å². The van der Waals surface area contributed by atoms with Gasteiger partial charge in [-0.05, 0) is 116 Å². The molecule has 0 aliphatic heterocycles. The van der Waals surface area contributed by atoms with Gasteiger partial charge in [0.25, 0.3) is 0 Å². The van der Waals surface area contributed by atoms with Crippen LogP contribution in [0.15, 0.2) is 0 Å². The van der Waals surface area contributed by atoms with E-state index in [2.05, 4.69) is 32.4 Å². The third-order valence-corrected chi connectivity index (χ3v) is 14.5. The molecular weight excluding hydrogens is 502 g/mol. The number of aliphatic hydroxyl groups excluding tert-OH is 2. The normalized spacial score (nSPS) is 45.7. The quantitative estimate of drug-likeness (QED) is 0.397. The van der Waals surface area contributed by atoms with Gasteiger partial charge in [-0.25, -0.2) is 17.9 Å². The number of hydrogen-bond acceptors (Lipinski definition) is 6. The molecule has 5 rings (SSSR count). The minimum atomic E-state index is -3.62. The van der Waals surface area contributed by atoms with Crippen molar-refractivity contribution < 1.29 is 28.2 Å². The van der Waals surface area contributed by atoms with E-state index in [1.54, 1.807) is 0 Å². The second-order valence-corrected chi connectivity index (χ2v) is 16.2. The third-order valence-electron chi connectivity index (χ3n) is 12.7. The minimum absolute atomic E-state index is 0.160. The molecule has 8 heteroatoms. The number of carbonyl (C=O) groups excluding carboxylic acids is 1. The lowest BCUT2D eigenvalue weighted by molar-refractivity contribution is -0.203. The van der Waals surface area contributed by atoms with Crippen molar-refractivity contribution >= 4 is 16.1 Å². The second-order valence-electron chi connectivity index (χ2n) is 14.2. The zero-order valence-electron chi connectivity index (χ0n) is 23.9. The number of rotatable bonds is 7. The maximum atomic E-state index is 12.2. The molecule has 0 aromatic rings. The molecule has 0 aromatic carbocycles. The van der Waals surface area contributed by atoms with Gasteiger partial charge in [0.2, 0.25) is 10.0 Å². The first-order valence-corrected chi connectivity index (χ1v) is 17.0. The first-order valence-electron chi connectivity index (χ1n) is 15.5. The first kappa shape index (κ1) is 28.7. The van der Waals surface area contributed by atoms with Crippen molar-refractivity contribution in [3.05, 3.63) is 0 Å². The van der Waals surface area contributed by atoms with Crippen LogP contribution in [0.25, 0.3) is 0 Å². The Kier molecular flexibility index (Phi) is 7.93. The van der Waals surface area contributed by atoms with Crippen LogP contribution in [-0.2, 0) is 14.8 Å². The summed E-state index contributed by atoms with van der Waals surface area (Å²) in [6.45, 7) is 9.61. The fourth-order valence-corrected chi connectivity index (χ4v) is 11.8. The molecule has 5 fully saturated rings. The lowest BCUT2D eigenvalue weighted by Gasteiger charge is -2.64. The monoisotopic (exact) mass is 553 g/mol. The zero-order valence-corrected chi connectivity index (χ0v) is 24.7. The van der Waals surface area contributed by atoms with Crippen LogP contribution in [0, 0.1) is 52.3 Å². The van der Waals surface area contributed by atoms with Crippen molar-refractivity contribution in [3.8, 4) is 0 Å². The SMILES string of the molecule is CC[C@H]1[C@@H](O)[C@@H]2[C@H](CC[C@]3(C)[C@@H]([C@H](C)CCOC(=O)NS(=O)(=O)C4CCC4)CC[C@@H]23)[C@@]2(C)CC[C@@H](O)C[C@@H]12. The summed E-state index contributed by atoms with van der Waals surface area (Å²) in [7, 11) is -3.62. The molecule has 5 saturated carbocycles. The summed E-state index contributed by atoms with van der Waals surface area (Å²) < 4.78 is 31.8. The molecule has 0 radical (unpaired) electrons. The third kappa shape index (κ3) is 4.72. The van der Waals surface area contributed by atoms with Gasteiger partial charge in [0.1, 0.15) is 0 Å².